The number of unbranched alkanes of at least 4 members (excludes halogenated alkanes) is 3. The number of benzene rings is 2. The highest BCUT2D eigenvalue weighted by Gasteiger charge is 2.31. The zero-order valence-electron chi connectivity index (χ0n) is 19.9. The minimum atomic E-state index is -0.196. The van der Waals surface area contributed by atoms with Gasteiger partial charge in [0.25, 0.3) is 0 Å². The van der Waals surface area contributed by atoms with Crippen molar-refractivity contribution in [3.63, 3.8) is 0 Å². The summed E-state index contributed by atoms with van der Waals surface area (Å²) in [6, 6.07) is 19.1. The van der Waals surface area contributed by atoms with Gasteiger partial charge in [0.1, 0.15) is 18.1 Å². The van der Waals surface area contributed by atoms with E-state index in [2.05, 4.69) is 57.2 Å². The van der Waals surface area contributed by atoms with Gasteiger partial charge < -0.3 is 4.74 Å². The number of hydrogen-bond donors (Lipinski definition) is 0. The number of rotatable bonds is 10. The van der Waals surface area contributed by atoms with Crippen LogP contribution in [0, 0.1) is 17.2 Å². The molecule has 3 nitrogen and oxygen atoms in total. The Morgan fingerprint density at radius 3 is 2.56 bits per heavy atom. The molecule has 3 heteroatoms. The molecule has 0 bridgehead atoms. The molecule has 0 saturated heterocycles. The molecule has 0 amide bonds. The van der Waals surface area contributed by atoms with E-state index in [1.807, 2.05) is 18.2 Å². The maximum atomic E-state index is 12.3. The average molecular weight is 432 g/mol. The molecular weight excluding hydrogens is 394 g/mol. The molecule has 0 spiro atoms. The Morgan fingerprint density at radius 1 is 1.06 bits per heavy atom. The van der Waals surface area contributed by atoms with E-state index >= 15 is 0 Å². The zero-order valence-corrected chi connectivity index (χ0v) is 19.9. The van der Waals surface area contributed by atoms with Gasteiger partial charge in [0.15, 0.2) is 0 Å². The van der Waals surface area contributed by atoms with E-state index < -0.39 is 0 Å². The monoisotopic (exact) mass is 431 g/mol. The summed E-state index contributed by atoms with van der Waals surface area (Å²) in [4.78, 5) is 12.3. The van der Waals surface area contributed by atoms with E-state index in [4.69, 9.17) is 4.74 Å². The molecule has 170 valence electrons. The third-order valence-electron chi connectivity index (χ3n) is 6.83. The fourth-order valence-corrected chi connectivity index (χ4v) is 4.77. The Kier molecular flexibility index (Phi) is 8.51. The Hall–Kier alpha value is -2.60. The van der Waals surface area contributed by atoms with Gasteiger partial charge in [0, 0.05) is 12.8 Å². The van der Waals surface area contributed by atoms with Crippen LogP contribution in [0.4, 0.5) is 0 Å². The van der Waals surface area contributed by atoms with Crippen molar-refractivity contribution in [2.24, 2.45) is 5.92 Å². The predicted molar refractivity (Wildman–Crippen MR) is 130 cm³/mol. The molecule has 0 heterocycles. The summed E-state index contributed by atoms with van der Waals surface area (Å²) in [5, 5.41) is 9.43. The maximum absolute atomic E-state index is 12.3. The third-order valence-corrected chi connectivity index (χ3v) is 6.83. The topological polar surface area (TPSA) is 50.1 Å². The summed E-state index contributed by atoms with van der Waals surface area (Å²) in [6.07, 6.45) is 7.79. The lowest BCUT2D eigenvalue weighted by Crippen LogP contribution is -2.22. The Morgan fingerprint density at radius 2 is 1.84 bits per heavy atom. The number of Topliss-reactive ketones (excluding diaryl/α,β-unsaturated/α-hetero) is 1. The molecule has 0 aromatic heterocycles. The summed E-state index contributed by atoms with van der Waals surface area (Å²) in [6.45, 7) is 7.36. The van der Waals surface area contributed by atoms with E-state index in [0.29, 0.717) is 19.4 Å². The minimum absolute atomic E-state index is 0.0494. The largest absolute Gasteiger partial charge is 0.489 e. The molecule has 1 saturated carbocycles. The van der Waals surface area contributed by atoms with Gasteiger partial charge in [-0.3, -0.25) is 4.79 Å². The fourth-order valence-electron chi connectivity index (χ4n) is 4.77. The predicted octanol–water partition coefficient (Wildman–Crippen LogP) is 7.49. The van der Waals surface area contributed by atoms with Crippen LogP contribution in [-0.4, -0.2) is 5.78 Å². The standard InChI is InChI=1S/C29H37NO2/c1-4-5-6-10-15-29(2,3)25-13-14-27(24-16-23(20-30)17-26(31)18-24)28(19-25)32-21-22-11-8-7-9-12-22/h7-9,11-14,19,23-24H,4-6,10,15-18,21H2,1-3H3/t23-,24+/m1/s1. The van der Waals surface area contributed by atoms with Crippen molar-refractivity contribution in [3.05, 3.63) is 65.2 Å². The first-order valence-corrected chi connectivity index (χ1v) is 12.2. The highest BCUT2D eigenvalue weighted by Crippen LogP contribution is 2.41. The quantitative estimate of drug-likeness (QED) is 0.366. The summed E-state index contributed by atoms with van der Waals surface area (Å²) in [5.41, 5.74) is 3.53. The Labute approximate surface area is 193 Å². The van der Waals surface area contributed by atoms with Gasteiger partial charge in [-0.15, -0.1) is 0 Å². The first-order chi connectivity index (χ1) is 15.4. The van der Waals surface area contributed by atoms with Gasteiger partial charge in [-0.25, -0.2) is 0 Å². The van der Waals surface area contributed by atoms with Crippen LogP contribution >= 0.6 is 0 Å². The second-order valence-corrected chi connectivity index (χ2v) is 9.93. The molecule has 32 heavy (non-hydrogen) atoms. The normalized spacial score (nSPS) is 18.9. The van der Waals surface area contributed by atoms with E-state index in [1.165, 1.54) is 31.2 Å². The van der Waals surface area contributed by atoms with Crippen LogP contribution in [0.3, 0.4) is 0 Å². The van der Waals surface area contributed by atoms with Crippen molar-refractivity contribution >= 4 is 5.78 Å². The lowest BCUT2D eigenvalue weighted by atomic mass is 9.75. The first-order valence-electron chi connectivity index (χ1n) is 12.2. The second kappa shape index (κ2) is 11.3. The van der Waals surface area contributed by atoms with Gasteiger partial charge >= 0.3 is 0 Å². The molecule has 0 aliphatic heterocycles. The molecule has 0 radical (unpaired) electrons. The molecule has 0 unspecified atom stereocenters. The molecule has 2 aromatic carbocycles. The second-order valence-electron chi connectivity index (χ2n) is 9.93. The minimum Gasteiger partial charge on any atom is -0.489 e. The smallest absolute Gasteiger partial charge is 0.134 e. The van der Waals surface area contributed by atoms with Gasteiger partial charge in [0.05, 0.1) is 12.0 Å². The Bertz CT molecular complexity index is 926. The SMILES string of the molecule is CCCCCCC(C)(C)c1ccc([C@@H]2CC(=O)C[C@H](C#N)C2)c(OCc2ccccc2)c1. The number of carbonyl (C=O) groups excluding carboxylic acids is 1. The van der Waals surface area contributed by atoms with Crippen molar-refractivity contribution < 1.29 is 9.53 Å². The highest BCUT2D eigenvalue weighted by molar-refractivity contribution is 5.81. The summed E-state index contributed by atoms with van der Waals surface area (Å²) in [7, 11) is 0. The van der Waals surface area contributed by atoms with Crippen LogP contribution in [-0.2, 0) is 16.8 Å². The van der Waals surface area contributed by atoms with Crippen LogP contribution < -0.4 is 4.74 Å². The molecular formula is C29H37NO2. The summed E-state index contributed by atoms with van der Waals surface area (Å²) >= 11 is 0. The molecule has 2 aromatic rings. The van der Waals surface area contributed by atoms with Crippen molar-refractivity contribution in [2.75, 3.05) is 0 Å². The van der Waals surface area contributed by atoms with Crippen LogP contribution in [0.2, 0.25) is 0 Å². The van der Waals surface area contributed by atoms with Crippen molar-refractivity contribution in [1.82, 2.24) is 0 Å². The molecule has 0 N–H and O–H groups in total. The average Bonchev–Trinajstić information content (AvgIpc) is 2.80. The van der Waals surface area contributed by atoms with Crippen molar-refractivity contribution in [2.45, 2.75) is 90.1 Å². The van der Waals surface area contributed by atoms with E-state index in [9.17, 15) is 10.1 Å². The van der Waals surface area contributed by atoms with E-state index in [-0.39, 0.29) is 23.0 Å². The van der Waals surface area contributed by atoms with E-state index in [1.54, 1.807) is 0 Å². The number of nitrogens with zero attached hydrogens (tertiary/aromatic N) is 1. The zero-order chi connectivity index (χ0) is 23.0. The van der Waals surface area contributed by atoms with Gasteiger partial charge in [-0.05, 0) is 46.9 Å². The lowest BCUT2D eigenvalue weighted by molar-refractivity contribution is -0.121. The molecule has 1 aliphatic rings. The molecule has 1 aliphatic carbocycles. The summed E-state index contributed by atoms with van der Waals surface area (Å²) < 4.78 is 6.37. The van der Waals surface area contributed by atoms with Crippen LogP contribution in [0.25, 0.3) is 0 Å². The lowest BCUT2D eigenvalue weighted by Gasteiger charge is -2.30. The number of ether oxygens (including phenoxy) is 1. The third kappa shape index (κ3) is 6.45. The molecule has 2 atom stereocenters. The van der Waals surface area contributed by atoms with Gasteiger partial charge in [-0.2, -0.15) is 5.26 Å². The van der Waals surface area contributed by atoms with Gasteiger partial charge in [-0.1, -0.05) is 88.9 Å². The maximum Gasteiger partial charge on any atom is 0.134 e. The number of carbonyl (C=O) groups is 1. The number of ketones is 1. The first kappa shape index (κ1) is 24.1. The summed E-state index contributed by atoms with van der Waals surface area (Å²) in [5.74, 6) is 0.901. The number of hydrogen-bond acceptors (Lipinski definition) is 3. The van der Waals surface area contributed by atoms with Crippen LogP contribution in [0.5, 0.6) is 5.75 Å². The van der Waals surface area contributed by atoms with E-state index in [0.717, 1.165) is 29.7 Å². The highest BCUT2D eigenvalue weighted by atomic mass is 16.5. The van der Waals surface area contributed by atoms with Crippen molar-refractivity contribution in [3.8, 4) is 11.8 Å². The fraction of sp³-hybridized carbons (Fsp3) is 0.517. The van der Waals surface area contributed by atoms with Gasteiger partial charge in [0.2, 0.25) is 0 Å². The van der Waals surface area contributed by atoms with Crippen LogP contribution in [0.1, 0.15) is 94.7 Å². The molecule has 1 fully saturated rings. The van der Waals surface area contributed by atoms with Crippen molar-refractivity contribution in [1.29, 1.82) is 5.26 Å². The molecule has 3 rings (SSSR count). The van der Waals surface area contributed by atoms with Crippen LogP contribution in [0.15, 0.2) is 48.5 Å². The number of nitriles is 1. The Balaban J connectivity index is 1.86.